The zero-order chi connectivity index (χ0) is 11.0. The second-order valence-corrected chi connectivity index (χ2v) is 5.20. The number of thiazole rings is 1. The van der Waals surface area contributed by atoms with Crippen LogP contribution in [0.2, 0.25) is 4.47 Å². The summed E-state index contributed by atoms with van der Waals surface area (Å²) in [7, 11) is 0. The van der Waals surface area contributed by atoms with E-state index < -0.39 is 0 Å². The van der Waals surface area contributed by atoms with Crippen molar-refractivity contribution in [3.8, 4) is 0 Å². The van der Waals surface area contributed by atoms with Gasteiger partial charge in [0, 0.05) is 23.4 Å². The van der Waals surface area contributed by atoms with Gasteiger partial charge in [0.1, 0.15) is 0 Å². The molecule has 1 aliphatic rings. The van der Waals surface area contributed by atoms with Crippen molar-refractivity contribution in [3.05, 3.63) is 15.5 Å². The molecule has 0 aromatic carbocycles. The number of carbonyl (C=O) groups is 2. The Morgan fingerprint density at radius 3 is 2.87 bits per heavy atom. The van der Waals surface area contributed by atoms with Crippen LogP contribution < -0.4 is 0 Å². The van der Waals surface area contributed by atoms with Gasteiger partial charge in [-0.3, -0.25) is 14.5 Å². The Kier molecular flexibility index (Phi) is 2.75. The lowest BCUT2D eigenvalue weighted by Crippen LogP contribution is -2.29. The molecule has 1 aromatic rings. The number of aromatic nitrogens is 1. The first-order chi connectivity index (χ1) is 7.08. The van der Waals surface area contributed by atoms with Crippen LogP contribution in [0.3, 0.4) is 0 Å². The minimum Gasteiger partial charge on any atom is -0.277 e. The maximum Gasteiger partial charge on any atom is 0.232 e. The van der Waals surface area contributed by atoms with Gasteiger partial charge in [-0.25, -0.2) is 4.98 Å². The molecule has 2 heterocycles. The molecule has 2 amide bonds. The molecule has 1 aliphatic heterocycles. The van der Waals surface area contributed by atoms with Gasteiger partial charge < -0.3 is 0 Å². The standard InChI is InChI=1S/C9H9ClN2O2S/c1-5-2-7(13)12(8(5)14)4-6-3-11-9(10)15-6/h3,5H,2,4H2,1H3. The molecule has 0 spiro atoms. The highest BCUT2D eigenvalue weighted by molar-refractivity contribution is 7.15. The van der Waals surface area contributed by atoms with E-state index in [0.717, 1.165) is 4.88 Å². The van der Waals surface area contributed by atoms with Crippen LogP contribution in [-0.4, -0.2) is 21.7 Å². The van der Waals surface area contributed by atoms with Gasteiger partial charge in [-0.2, -0.15) is 0 Å². The molecule has 15 heavy (non-hydrogen) atoms. The van der Waals surface area contributed by atoms with Crippen molar-refractivity contribution in [1.82, 2.24) is 9.88 Å². The van der Waals surface area contributed by atoms with Crippen molar-refractivity contribution in [2.75, 3.05) is 0 Å². The molecule has 0 N–H and O–H groups in total. The van der Waals surface area contributed by atoms with Crippen molar-refractivity contribution in [3.63, 3.8) is 0 Å². The number of hydrogen-bond donors (Lipinski definition) is 0. The molecule has 1 fully saturated rings. The Bertz CT molecular complexity index is 418. The fraction of sp³-hybridized carbons (Fsp3) is 0.444. The molecule has 1 atom stereocenters. The molecule has 6 heteroatoms. The zero-order valence-corrected chi connectivity index (χ0v) is 9.64. The number of rotatable bonds is 2. The van der Waals surface area contributed by atoms with Gasteiger partial charge >= 0.3 is 0 Å². The summed E-state index contributed by atoms with van der Waals surface area (Å²) >= 11 is 6.95. The van der Waals surface area contributed by atoms with Crippen LogP contribution in [-0.2, 0) is 16.1 Å². The van der Waals surface area contributed by atoms with Crippen LogP contribution in [0.5, 0.6) is 0 Å². The van der Waals surface area contributed by atoms with Gasteiger partial charge in [0.15, 0.2) is 4.47 Å². The molecular weight excluding hydrogens is 236 g/mol. The number of halogens is 1. The van der Waals surface area contributed by atoms with Gasteiger partial charge in [-0.15, -0.1) is 11.3 Å². The zero-order valence-electron chi connectivity index (χ0n) is 8.07. The number of amides is 2. The highest BCUT2D eigenvalue weighted by atomic mass is 35.5. The van der Waals surface area contributed by atoms with E-state index in [1.54, 1.807) is 13.1 Å². The van der Waals surface area contributed by atoms with Crippen LogP contribution in [0.1, 0.15) is 18.2 Å². The highest BCUT2D eigenvalue weighted by Crippen LogP contribution is 2.24. The number of imide groups is 1. The summed E-state index contributed by atoms with van der Waals surface area (Å²) in [5.74, 6) is -0.414. The maximum absolute atomic E-state index is 11.6. The first kappa shape index (κ1) is 10.6. The van der Waals surface area contributed by atoms with Crippen molar-refractivity contribution in [2.24, 2.45) is 5.92 Å². The quantitative estimate of drug-likeness (QED) is 0.744. The minimum absolute atomic E-state index is 0.107. The lowest BCUT2D eigenvalue weighted by Gasteiger charge is -2.12. The molecule has 0 bridgehead atoms. The summed E-state index contributed by atoms with van der Waals surface area (Å²) in [5, 5.41) is 0. The predicted molar refractivity (Wildman–Crippen MR) is 56.5 cm³/mol. The second-order valence-electron chi connectivity index (χ2n) is 3.50. The number of carbonyl (C=O) groups excluding carboxylic acids is 2. The van der Waals surface area contributed by atoms with E-state index >= 15 is 0 Å². The average Bonchev–Trinajstić information content (AvgIpc) is 2.67. The lowest BCUT2D eigenvalue weighted by atomic mass is 10.1. The summed E-state index contributed by atoms with van der Waals surface area (Å²) in [6, 6.07) is 0. The second kappa shape index (κ2) is 3.90. The number of likely N-dealkylation sites (tertiary alicyclic amines) is 1. The number of nitrogens with zero attached hydrogens (tertiary/aromatic N) is 2. The Labute approximate surface area is 95.9 Å². The molecule has 0 aliphatic carbocycles. The van der Waals surface area contributed by atoms with E-state index in [2.05, 4.69) is 4.98 Å². The molecule has 2 rings (SSSR count). The fourth-order valence-corrected chi connectivity index (χ4v) is 2.49. The van der Waals surface area contributed by atoms with Crippen molar-refractivity contribution >= 4 is 34.8 Å². The van der Waals surface area contributed by atoms with E-state index in [4.69, 9.17) is 11.6 Å². The van der Waals surface area contributed by atoms with E-state index in [1.165, 1.54) is 16.2 Å². The molecule has 0 radical (unpaired) electrons. The van der Waals surface area contributed by atoms with Gasteiger partial charge in [-0.1, -0.05) is 18.5 Å². The summed E-state index contributed by atoms with van der Waals surface area (Å²) in [4.78, 5) is 29.0. The minimum atomic E-state index is -0.194. The third kappa shape index (κ3) is 2.03. The first-order valence-corrected chi connectivity index (χ1v) is 5.72. The Hall–Kier alpha value is -0.940. The maximum atomic E-state index is 11.6. The van der Waals surface area contributed by atoms with Gasteiger partial charge in [0.05, 0.1) is 6.54 Å². The van der Waals surface area contributed by atoms with Gasteiger partial charge in [-0.05, 0) is 0 Å². The summed E-state index contributed by atoms with van der Waals surface area (Å²) in [5.41, 5.74) is 0. The number of hydrogen-bond acceptors (Lipinski definition) is 4. The molecule has 1 unspecified atom stereocenters. The smallest absolute Gasteiger partial charge is 0.232 e. The normalized spacial score (nSPS) is 21.5. The van der Waals surface area contributed by atoms with E-state index in [1.807, 2.05) is 0 Å². The van der Waals surface area contributed by atoms with E-state index in [0.29, 0.717) is 17.4 Å². The highest BCUT2D eigenvalue weighted by Gasteiger charge is 2.35. The first-order valence-electron chi connectivity index (χ1n) is 4.52. The summed E-state index contributed by atoms with van der Waals surface area (Å²) in [6.07, 6.45) is 1.90. The Morgan fingerprint density at radius 2 is 2.40 bits per heavy atom. The third-order valence-electron chi connectivity index (χ3n) is 2.31. The molecular formula is C9H9ClN2O2S. The van der Waals surface area contributed by atoms with Gasteiger partial charge in [0.25, 0.3) is 0 Å². The molecule has 0 saturated carbocycles. The third-order valence-corrected chi connectivity index (χ3v) is 3.41. The Morgan fingerprint density at radius 1 is 1.67 bits per heavy atom. The molecule has 80 valence electrons. The summed E-state index contributed by atoms with van der Waals surface area (Å²) in [6.45, 7) is 2.06. The van der Waals surface area contributed by atoms with Crippen molar-refractivity contribution < 1.29 is 9.59 Å². The van der Waals surface area contributed by atoms with Gasteiger partial charge in [0.2, 0.25) is 11.8 Å². The summed E-state index contributed by atoms with van der Waals surface area (Å²) < 4.78 is 0.428. The average molecular weight is 245 g/mol. The molecule has 1 saturated heterocycles. The molecule has 4 nitrogen and oxygen atoms in total. The van der Waals surface area contributed by atoms with Crippen LogP contribution in [0, 0.1) is 5.92 Å². The Balaban J connectivity index is 2.12. The molecule has 1 aromatic heterocycles. The van der Waals surface area contributed by atoms with Crippen molar-refractivity contribution in [2.45, 2.75) is 19.9 Å². The van der Waals surface area contributed by atoms with Crippen LogP contribution in [0.4, 0.5) is 0 Å². The predicted octanol–water partition coefficient (Wildman–Crippen LogP) is 1.69. The van der Waals surface area contributed by atoms with Crippen LogP contribution >= 0.6 is 22.9 Å². The van der Waals surface area contributed by atoms with E-state index in [-0.39, 0.29) is 17.7 Å². The largest absolute Gasteiger partial charge is 0.277 e. The lowest BCUT2D eigenvalue weighted by molar-refractivity contribution is -0.139. The monoisotopic (exact) mass is 244 g/mol. The van der Waals surface area contributed by atoms with Crippen molar-refractivity contribution in [1.29, 1.82) is 0 Å². The topological polar surface area (TPSA) is 50.3 Å². The fourth-order valence-electron chi connectivity index (χ4n) is 1.53. The SMILES string of the molecule is CC1CC(=O)N(Cc2cnc(Cl)s2)C1=O. The van der Waals surface area contributed by atoms with Crippen LogP contribution in [0.25, 0.3) is 0 Å². The van der Waals surface area contributed by atoms with Crippen LogP contribution in [0.15, 0.2) is 6.20 Å². The van der Waals surface area contributed by atoms with E-state index in [9.17, 15) is 9.59 Å².